The standard InChI is InChI=1S/C16H19ClFN3O/c1-21(9-12-13(17)5-4-6-14(12)18)10-15(22)20-16(11-19)7-2-3-8-16/h4-6H,2-3,7-10H2,1H3,(H,20,22). The summed E-state index contributed by atoms with van der Waals surface area (Å²) < 4.78 is 13.7. The van der Waals surface area contributed by atoms with Crippen molar-refractivity contribution >= 4 is 17.5 Å². The molecular formula is C16H19ClFN3O. The van der Waals surface area contributed by atoms with Crippen molar-refractivity contribution < 1.29 is 9.18 Å². The molecule has 0 heterocycles. The predicted octanol–water partition coefficient (Wildman–Crippen LogP) is 2.86. The lowest BCUT2D eigenvalue weighted by molar-refractivity contribution is -0.123. The number of nitrogens with one attached hydrogen (secondary N) is 1. The smallest absolute Gasteiger partial charge is 0.235 e. The van der Waals surface area contributed by atoms with Crippen molar-refractivity contribution in [2.24, 2.45) is 0 Å². The molecule has 2 rings (SSSR count). The Kier molecular flexibility index (Phi) is 5.38. The number of nitrogens with zero attached hydrogens (tertiary/aromatic N) is 2. The number of carbonyl (C=O) groups is 1. The molecule has 1 N–H and O–H groups in total. The highest BCUT2D eigenvalue weighted by atomic mass is 35.5. The van der Waals surface area contributed by atoms with Gasteiger partial charge in [-0.05, 0) is 44.9 Å². The molecule has 0 aromatic heterocycles. The van der Waals surface area contributed by atoms with Gasteiger partial charge in [-0.3, -0.25) is 9.69 Å². The summed E-state index contributed by atoms with van der Waals surface area (Å²) in [4.78, 5) is 13.8. The van der Waals surface area contributed by atoms with Gasteiger partial charge in [0, 0.05) is 17.1 Å². The van der Waals surface area contributed by atoms with Gasteiger partial charge in [-0.15, -0.1) is 0 Å². The maximum absolute atomic E-state index is 13.7. The van der Waals surface area contributed by atoms with E-state index in [2.05, 4.69) is 11.4 Å². The Morgan fingerprint density at radius 3 is 2.77 bits per heavy atom. The van der Waals surface area contributed by atoms with Gasteiger partial charge < -0.3 is 5.32 Å². The van der Waals surface area contributed by atoms with Gasteiger partial charge in [-0.1, -0.05) is 17.7 Å². The molecule has 1 saturated carbocycles. The Labute approximate surface area is 134 Å². The lowest BCUT2D eigenvalue weighted by Crippen LogP contribution is -2.48. The minimum absolute atomic E-state index is 0.0914. The quantitative estimate of drug-likeness (QED) is 0.906. The summed E-state index contributed by atoms with van der Waals surface area (Å²) in [6.45, 7) is 0.326. The number of halogens is 2. The molecule has 1 amide bonds. The Balaban J connectivity index is 1.93. The molecule has 1 aromatic carbocycles. The molecule has 1 aliphatic carbocycles. The van der Waals surface area contributed by atoms with Gasteiger partial charge >= 0.3 is 0 Å². The van der Waals surface area contributed by atoms with Crippen LogP contribution >= 0.6 is 11.6 Å². The summed E-state index contributed by atoms with van der Waals surface area (Å²) in [5.41, 5.74) is -0.358. The molecule has 22 heavy (non-hydrogen) atoms. The van der Waals surface area contributed by atoms with Crippen molar-refractivity contribution in [1.82, 2.24) is 10.2 Å². The highest BCUT2D eigenvalue weighted by Gasteiger charge is 2.35. The topological polar surface area (TPSA) is 56.1 Å². The summed E-state index contributed by atoms with van der Waals surface area (Å²) in [6, 6.07) is 6.73. The third-order valence-electron chi connectivity index (χ3n) is 3.95. The van der Waals surface area contributed by atoms with E-state index in [9.17, 15) is 14.4 Å². The molecule has 0 unspecified atom stereocenters. The van der Waals surface area contributed by atoms with E-state index in [1.54, 1.807) is 24.1 Å². The van der Waals surface area contributed by atoms with Crippen molar-refractivity contribution in [2.45, 2.75) is 37.8 Å². The zero-order chi connectivity index (χ0) is 16.2. The van der Waals surface area contributed by atoms with E-state index >= 15 is 0 Å². The first kappa shape index (κ1) is 16.7. The minimum Gasteiger partial charge on any atom is -0.337 e. The van der Waals surface area contributed by atoms with E-state index in [1.165, 1.54) is 6.07 Å². The molecule has 118 valence electrons. The van der Waals surface area contributed by atoms with Crippen LogP contribution in [0.15, 0.2) is 18.2 Å². The van der Waals surface area contributed by atoms with Crippen LogP contribution in [0.25, 0.3) is 0 Å². The van der Waals surface area contributed by atoms with Crippen LogP contribution in [0.2, 0.25) is 5.02 Å². The van der Waals surface area contributed by atoms with Crippen LogP contribution in [0.1, 0.15) is 31.2 Å². The van der Waals surface area contributed by atoms with E-state index in [-0.39, 0.29) is 24.8 Å². The molecule has 0 radical (unpaired) electrons. The molecule has 6 heteroatoms. The first-order chi connectivity index (χ1) is 10.5. The van der Waals surface area contributed by atoms with Crippen LogP contribution in [0.4, 0.5) is 4.39 Å². The van der Waals surface area contributed by atoms with Crippen LogP contribution in [-0.2, 0) is 11.3 Å². The van der Waals surface area contributed by atoms with Crippen molar-refractivity contribution in [3.05, 3.63) is 34.6 Å². The van der Waals surface area contributed by atoms with Crippen LogP contribution in [0.3, 0.4) is 0 Å². The van der Waals surface area contributed by atoms with Crippen LogP contribution in [-0.4, -0.2) is 29.9 Å². The Hall–Kier alpha value is -1.64. The van der Waals surface area contributed by atoms with E-state index in [1.807, 2.05) is 0 Å². The second kappa shape index (κ2) is 7.08. The van der Waals surface area contributed by atoms with Crippen molar-refractivity contribution in [3.8, 4) is 6.07 Å². The molecule has 1 aromatic rings. The van der Waals surface area contributed by atoms with Crippen molar-refractivity contribution in [3.63, 3.8) is 0 Å². The average molecular weight is 324 g/mol. The Morgan fingerprint density at radius 2 is 2.18 bits per heavy atom. The summed E-state index contributed by atoms with van der Waals surface area (Å²) in [5.74, 6) is -0.609. The maximum Gasteiger partial charge on any atom is 0.235 e. The summed E-state index contributed by atoms with van der Waals surface area (Å²) in [6.07, 6.45) is 3.29. The number of hydrogen-bond acceptors (Lipinski definition) is 3. The van der Waals surface area contributed by atoms with E-state index in [4.69, 9.17) is 11.6 Å². The number of rotatable bonds is 5. The molecule has 0 bridgehead atoms. The van der Waals surface area contributed by atoms with Gasteiger partial charge in [-0.25, -0.2) is 4.39 Å². The number of benzene rings is 1. The monoisotopic (exact) mass is 323 g/mol. The fourth-order valence-corrected chi connectivity index (χ4v) is 3.03. The predicted molar refractivity (Wildman–Crippen MR) is 82.7 cm³/mol. The number of nitriles is 1. The van der Waals surface area contributed by atoms with Gasteiger partial charge in [0.15, 0.2) is 0 Å². The van der Waals surface area contributed by atoms with Crippen LogP contribution in [0, 0.1) is 17.1 Å². The molecule has 0 aliphatic heterocycles. The first-order valence-electron chi connectivity index (χ1n) is 7.29. The summed E-state index contributed by atoms with van der Waals surface area (Å²) in [5, 5.41) is 12.4. The van der Waals surface area contributed by atoms with E-state index in [0.717, 1.165) is 12.8 Å². The fourth-order valence-electron chi connectivity index (χ4n) is 2.80. The van der Waals surface area contributed by atoms with Gasteiger partial charge in [0.1, 0.15) is 11.4 Å². The number of carbonyl (C=O) groups excluding carboxylic acids is 1. The zero-order valence-corrected chi connectivity index (χ0v) is 13.3. The van der Waals surface area contributed by atoms with Gasteiger partial charge in [0.05, 0.1) is 12.6 Å². The largest absolute Gasteiger partial charge is 0.337 e. The molecule has 0 atom stereocenters. The maximum atomic E-state index is 13.7. The minimum atomic E-state index is -0.729. The molecule has 4 nitrogen and oxygen atoms in total. The third-order valence-corrected chi connectivity index (χ3v) is 4.31. The van der Waals surface area contributed by atoms with Gasteiger partial charge in [0.25, 0.3) is 0 Å². The normalized spacial score (nSPS) is 16.5. The Bertz CT molecular complexity index is 573. The number of amides is 1. The summed E-state index contributed by atoms with van der Waals surface area (Å²) >= 11 is 5.98. The fraction of sp³-hybridized carbons (Fsp3) is 0.500. The molecule has 0 spiro atoms. The van der Waals surface area contributed by atoms with E-state index < -0.39 is 5.54 Å². The molecule has 1 fully saturated rings. The summed E-state index contributed by atoms with van der Waals surface area (Å²) in [7, 11) is 1.72. The van der Waals surface area contributed by atoms with E-state index in [0.29, 0.717) is 23.4 Å². The first-order valence-corrected chi connectivity index (χ1v) is 7.67. The second-order valence-electron chi connectivity index (χ2n) is 5.82. The van der Waals surface area contributed by atoms with Crippen molar-refractivity contribution in [1.29, 1.82) is 5.26 Å². The van der Waals surface area contributed by atoms with Crippen LogP contribution < -0.4 is 5.32 Å². The molecule has 1 aliphatic rings. The average Bonchev–Trinajstić information content (AvgIpc) is 2.92. The zero-order valence-electron chi connectivity index (χ0n) is 12.5. The molecule has 0 saturated heterocycles. The highest BCUT2D eigenvalue weighted by Crippen LogP contribution is 2.28. The van der Waals surface area contributed by atoms with Gasteiger partial charge in [-0.2, -0.15) is 5.26 Å². The Morgan fingerprint density at radius 1 is 1.50 bits per heavy atom. The molecular weight excluding hydrogens is 305 g/mol. The highest BCUT2D eigenvalue weighted by molar-refractivity contribution is 6.31. The third kappa shape index (κ3) is 3.96. The number of likely N-dealkylation sites (N-methyl/N-ethyl adjacent to an activating group) is 1. The lowest BCUT2D eigenvalue weighted by atomic mass is 10.00. The van der Waals surface area contributed by atoms with Gasteiger partial charge in [0.2, 0.25) is 5.91 Å². The van der Waals surface area contributed by atoms with Crippen molar-refractivity contribution in [2.75, 3.05) is 13.6 Å². The lowest BCUT2D eigenvalue weighted by Gasteiger charge is -2.24. The SMILES string of the molecule is CN(CC(=O)NC1(C#N)CCCC1)Cc1c(F)cccc1Cl. The second-order valence-corrected chi connectivity index (χ2v) is 6.23. The van der Waals surface area contributed by atoms with Crippen LogP contribution in [0.5, 0.6) is 0 Å². The number of hydrogen-bond donors (Lipinski definition) is 1.